The molecule has 1 fully saturated rings. The van der Waals surface area contributed by atoms with Crippen LogP contribution >= 0.6 is 0 Å². The van der Waals surface area contributed by atoms with Crippen molar-refractivity contribution in [2.24, 2.45) is 0 Å². The topological polar surface area (TPSA) is 102 Å². The van der Waals surface area contributed by atoms with Gasteiger partial charge in [-0.05, 0) is 18.2 Å². The lowest BCUT2D eigenvalue weighted by molar-refractivity contribution is -0.384. The van der Waals surface area contributed by atoms with E-state index in [1.807, 2.05) is 4.90 Å². The number of piperazine rings is 1. The Morgan fingerprint density at radius 2 is 1.73 bits per heavy atom. The predicted molar refractivity (Wildman–Crippen MR) is 103 cm³/mol. The highest BCUT2D eigenvalue weighted by Gasteiger charge is 2.33. The highest BCUT2D eigenvalue weighted by Crippen LogP contribution is 2.24. The maximum absolute atomic E-state index is 13.9. The van der Waals surface area contributed by atoms with Gasteiger partial charge >= 0.3 is 0 Å². The van der Waals surface area contributed by atoms with E-state index in [0.717, 1.165) is 22.5 Å². The molecule has 3 aromatic rings. The zero-order valence-electron chi connectivity index (χ0n) is 15.6. The van der Waals surface area contributed by atoms with E-state index in [9.17, 15) is 27.3 Å². The van der Waals surface area contributed by atoms with Crippen molar-refractivity contribution in [2.75, 3.05) is 26.2 Å². The Balaban J connectivity index is 1.46. The number of aromatic nitrogens is 2. The Morgan fingerprint density at radius 1 is 1.07 bits per heavy atom. The fourth-order valence-electron chi connectivity index (χ4n) is 3.46. The molecule has 1 aromatic heterocycles. The number of non-ortho nitro benzene ring substituents is 1. The van der Waals surface area contributed by atoms with Gasteiger partial charge in [0.15, 0.2) is 4.90 Å². The monoisotopic (exact) mass is 437 g/mol. The van der Waals surface area contributed by atoms with Crippen LogP contribution in [0.1, 0.15) is 0 Å². The molecule has 0 aliphatic carbocycles. The van der Waals surface area contributed by atoms with Crippen LogP contribution in [0.15, 0.2) is 47.5 Å². The van der Waals surface area contributed by atoms with E-state index >= 15 is 0 Å². The Kier molecular flexibility index (Phi) is 5.22. The normalized spacial score (nSPS) is 16.2. The summed E-state index contributed by atoms with van der Waals surface area (Å²) >= 11 is 0. The molecule has 4 rings (SSSR count). The highest BCUT2D eigenvalue weighted by molar-refractivity contribution is 7.89. The largest absolute Gasteiger partial charge is 0.282 e. The summed E-state index contributed by atoms with van der Waals surface area (Å²) in [5, 5.41) is 15.8. The molecule has 30 heavy (non-hydrogen) atoms. The van der Waals surface area contributed by atoms with Crippen LogP contribution in [-0.4, -0.2) is 58.5 Å². The smallest absolute Gasteiger partial charge is 0.270 e. The number of rotatable bonds is 5. The SMILES string of the molecule is O=[N+]([O-])c1ccc2c(cnn2CN2CCN(S(=O)(=O)c3c(F)cccc3F)CC2)c1. The van der Waals surface area contributed by atoms with E-state index in [1.165, 1.54) is 18.3 Å². The van der Waals surface area contributed by atoms with Gasteiger partial charge in [0.05, 0.1) is 23.3 Å². The van der Waals surface area contributed by atoms with Gasteiger partial charge in [0, 0.05) is 43.7 Å². The maximum Gasteiger partial charge on any atom is 0.270 e. The van der Waals surface area contributed by atoms with Crippen LogP contribution in [0.2, 0.25) is 0 Å². The fourth-order valence-corrected chi connectivity index (χ4v) is 4.99. The lowest BCUT2D eigenvalue weighted by Crippen LogP contribution is -2.49. The molecule has 0 bridgehead atoms. The predicted octanol–water partition coefficient (Wildman–Crippen LogP) is 2.19. The van der Waals surface area contributed by atoms with Crippen LogP contribution in [0.3, 0.4) is 0 Å². The van der Waals surface area contributed by atoms with Gasteiger partial charge in [-0.15, -0.1) is 0 Å². The number of hydrogen-bond acceptors (Lipinski definition) is 6. The van der Waals surface area contributed by atoms with Gasteiger partial charge in [0.25, 0.3) is 5.69 Å². The standard InChI is InChI=1S/C18H17F2N5O4S/c19-15-2-1-3-16(20)18(15)30(28,29)23-8-6-22(7-9-23)12-24-17-5-4-14(25(26)27)10-13(17)11-21-24/h1-5,10-11H,6-9,12H2. The summed E-state index contributed by atoms with van der Waals surface area (Å²) < 4.78 is 56.0. The van der Waals surface area contributed by atoms with E-state index < -0.39 is 31.5 Å². The Morgan fingerprint density at radius 3 is 2.37 bits per heavy atom. The number of fused-ring (bicyclic) bond motifs is 1. The molecule has 2 aromatic carbocycles. The van der Waals surface area contributed by atoms with Crippen molar-refractivity contribution in [3.8, 4) is 0 Å². The number of hydrogen-bond donors (Lipinski definition) is 0. The lowest BCUT2D eigenvalue weighted by atomic mass is 10.2. The molecule has 2 heterocycles. The molecule has 0 spiro atoms. The molecule has 1 saturated heterocycles. The van der Waals surface area contributed by atoms with Gasteiger partial charge in [-0.2, -0.15) is 9.40 Å². The third-order valence-electron chi connectivity index (χ3n) is 5.02. The summed E-state index contributed by atoms with van der Waals surface area (Å²) in [4.78, 5) is 11.4. The number of nitro benzene ring substituents is 1. The number of benzene rings is 2. The molecule has 1 aliphatic rings. The van der Waals surface area contributed by atoms with E-state index in [4.69, 9.17) is 0 Å². The molecule has 0 N–H and O–H groups in total. The molecule has 0 saturated carbocycles. The zero-order chi connectivity index (χ0) is 21.5. The molecular weight excluding hydrogens is 420 g/mol. The molecule has 158 valence electrons. The Bertz CT molecular complexity index is 1200. The third-order valence-corrected chi connectivity index (χ3v) is 6.97. The molecule has 9 nitrogen and oxygen atoms in total. The van der Waals surface area contributed by atoms with Crippen LogP contribution in [0, 0.1) is 21.7 Å². The summed E-state index contributed by atoms with van der Waals surface area (Å²) in [6, 6.07) is 7.39. The number of nitro groups is 1. The van der Waals surface area contributed by atoms with Crippen molar-refractivity contribution in [1.82, 2.24) is 19.0 Å². The molecular formula is C18H17F2N5O4S. The van der Waals surface area contributed by atoms with E-state index in [2.05, 4.69) is 5.10 Å². The van der Waals surface area contributed by atoms with Crippen LogP contribution in [0.5, 0.6) is 0 Å². The summed E-state index contributed by atoms with van der Waals surface area (Å²) in [7, 11) is -4.29. The first-order valence-corrected chi connectivity index (χ1v) is 10.5. The maximum atomic E-state index is 13.9. The lowest BCUT2D eigenvalue weighted by Gasteiger charge is -2.33. The van der Waals surface area contributed by atoms with Gasteiger partial charge in [0.2, 0.25) is 10.0 Å². The van der Waals surface area contributed by atoms with E-state index in [1.54, 1.807) is 10.7 Å². The van der Waals surface area contributed by atoms with Crippen molar-refractivity contribution < 1.29 is 22.1 Å². The number of sulfonamides is 1. The summed E-state index contributed by atoms with van der Waals surface area (Å²) in [6.07, 6.45) is 1.53. The van der Waals surface area contributed by atoms with Crippen molar-refractivity contribution in [2.45, 2.75) is 11.6 Å². The minimum absolute atomic E-state index is 0.0266. The summed E-state index contributed by atoms with van der Waals surface area (Å²) in [6.45, 7) is 1.16. The van der Waals surface area contributed by atoms with Crippen molar-refractivity contribution in [1.29, 1.82) is 0 Å². The van der Waals surface area contributed by atoms with Gasteiger partial charge in [-0.3, -0.25) is 19.7 Å². The third kappa shape index (κ3) is 3.64. The number of halogens is 2. The molecule has 0 atom stereocenters. The molecule has 0 unspecified atom stereocenters. The second-order valence-corrected chi connectivity index (χ2v) is 8.73. The minimum atomic E-state index is -4.29. The van der Waals surface area contributed by atoms with Crippen molar-refractivity contribution >= 4 is 26.6 Å². The van der Waals surface area contributed by atoms with Crippen LogP contribution in [-0.2, 0) is 16.7 Å². The van der Waals surface area contributed by atoms with Crippen LogP contribution in [0.25, 0.3) is 10.9 Å². The first kappa shape index (κ1) is 20.3. The number of nitrogens with zero attached hydrogens (tertiary/aromatic N) is 5. The van der Waals surface area contributed by atoms with Crippen LogP contribution < -0.4 is 0 Å². The fraction of sp³-hybridized carbons (Fsp3) is 0.278. The average Bonchev–Trinajstić information content (AvgIpc) is 3.10. The van der Waals surface area contributed by atoms with Gasteiger partial charge in [-0.1, -0.05) is 6.07 Å². The van der Waals surface area contributed by atoms with Crippen LogP contribution in [0.4, 0.5) is 14.5 Å². The minimum Gasteiger partial charge on any atom is -0.282 e. The van der Waals surface area contributed by atoms with Gasteiger partial charge in [-0.25, -0.2) is 17.2 Å². The van der Waals surface area contributed by atoms with E-state index in [-0.39, 0.29) is 18.8 Å². The average molecular weight is 437 g/mol. The molecule has 1 aliphatic heterocycles. The second kappa shape index (κ2) is 7.70. The highest BCUT2D eigenvalue weighted by atomic mass is 32.2. The molecule has 12 heteroatoms. The van der Waals surface area contributed by atoms with Gasteiger partial charge < -0.3 is 0 Å². The Hall–Kier alpha value is -2.96. The zero-order valence-corrected chi connectivity index (χ0v) is 16.4. The first-order chi connectivity index (χ1) is 14.3. The summed E-state index contributed by atoms with van der Waals surface area (Å²) in [5.41, 5.74) is 0.685. The first-order valence-electron chi connectivity index (χ1n) is 9.04. The summed E-state index contributed by atoms with van der Waals surface area (Å²) in [5.74, 6) is -2.23. The molecule has 0 amide bonds. The van der Waals surface area contributed by atoms with Crippen molar-refractivity contribution in [3.05, 3.63) is 64.3 Å². The quantitative estimate of drug-likeness (QED) is 0.448. The van der Waals surface area contributed by atoms with E-state index in [0.29, 0.717) is 30.7 Å². The Labute approximate surface area is 170 Å². The molecule has 0 radical (unpaired) electrons. The van der Waals surface area contributed by atoms with Crippen molar-refractivity contribution in [3.63, 3.8) is 0 Å². The van der Waals surface area contributed by atoms with Gasteiger partial charge in [0.1, 0.15) is 11.6 Å². The second-order valence-electron chi connectivity index (χ2n) is 6.86.